The van der Waals surface area contributed by atoms with Crippen molar-refractivity contribution in [3.8, 4) is 0 Å². The van der Waals surface area contributed by atoms with E-state index in [0.29, 0.717) is 23.7 Å². The van der Waals surface area contributed by atoms with Gasteiger partial charge < -0.3 is 14.4 Å². The van der Waals surface area contributed by atoms with Crippen molar-refractivity contribution in [2.45, 2.75) is 44.2 Å². The zero-order valence-electron chi connectivity index (χ0n) is 18.9. The highest BCUT2D eigenvalue weighted by Crippen LogP contribution is 2.67. The van der Waals surface area contributed by atoms with Crippen molar-refractivity contribution < 1.29 is 19.1 Å². The van der Waals surface area contributed by atoms with Crippen LogP contribution in [-0.4, -0.2) is 41.3 Å². The fourth-order valence-electron chi connectivity index (χ4n) is 4.45. The van der Waals surface area contributed by atoms with Gasteiger partial charge in [0.05, 0.1) is 24.3 Å². The third-order valence-electron chi connectivity index (χ3n) is 5.77. The third kappa shape index (κ3) is 3.51. The van der Waals surface area contributed by atoms with Crippen molar-refractivity contribution in [2.75, 3.05) is 24.7 Å². The van der Waals surface area contributed by atoms with Crippen LogP contribution in [0.1, 0.15) is 40.2 Å². The number of ether oxygens (including phenoxy) is 2. The van der Waals surface area contributed by atoms with Crippen LogP contribution >= 0.6 is 35.3 Å². The van der Waals surface area contributed by atoms with Crippen molar-refractivity contribution >= 4 is 58.5 Å². The van der Waals surface area contributed by atoms with E-state index in [4.69, 9.17) is 9.47 Å². The minimum absolute atomic E-state index is 0.277. The Labute approximate surface area is 202 Å². The number of hydrogen-bond donors (Lipinski definition) is 0. The third-order valence-corrected chi connectivity index (χ3v) is 10.1. The average molecular weight is 490 g/mol. The highest BCUT2D eigenvalue weighted by atomic mass is 32.2. The summed E-state index contributed by atoms with van der Waals surface area (Å²) in [6, 6.07) is 8.32. The zero-order valence-corrected chi connectivity index (χ0v) is 21.3. The summed E-state index contributed by atoms with van der Waals surface area (Å²) in [6.07, 6.45) is 0. The van der Waals surface area contributed by atoms with Crippen molar-refractivity contribution in [1.82, 2.24) is 0 Å². The normalized spacial score (nSPS) is 23.3. The fraction of sp³-hybridized carbons (Fsp3) is 0.417. The molecular formula is C24H27NO4S3. The van der Waals surface area contributed by atoms with Crippen molar-refractivity contribution in [2.24, 2.45) is 0 Å². The number of thioether (sulfide) groups is 3. The van der Waals surface area contributed by atoms with E-state index in [1.165, 1.54) is 28.4 Å². The number of para-hydroxylation sites is 1. The molecule has 0 bridgehead atoms. The molecule has 0 N–H and O–H groups in total. The smallest absolute Gasteiger partial charge is 0.345 e. The van der Waals surface area contributed by atoms with Crippen LogP contribution in [0.2, 0.25) is 0 Å². The SMILES string of the molecule is CCOC(=O)C1=CSC2(S1)C(C(=O)OCC)=CSC1=C2c2ccccc2N(CC)C1(C)C. The number of nitrogens with zero attached hydrogens (tertiary/aromatic N) is 1. The number of hydrogen-bond acceptors (Lipinski definition) is 8. The Balaban J connectivity index is 1.92. The predicted octanol–water partition coefficient (Wildman–Crippen LogP) is 5.79. The van der Waals surface area contributed by atoms with Gasteiger partial charge in [-0.2, -0.15) is 0 Å². The van der Waals surface area contributed by atoms with Crippen molar-refractivity contribution in [3.63, 3.8) is 0 Å². The van der Waals surface area contributed by atoms with Gasteiger partial charge in [-0.25, -0.2) is 9.59 Å². The van der Waals surface area contributed by atoms with Gasteiger partial charge in [-0.1, -0.05) is 41.7 Å². The summed E-state index contributed by atoms with van der Waals surface area (Å²) >= 11 is 4.47. The molecule has 0 saturated heterocycles. The van der Waals surface area contributed by atoms with Gasteiger partial charge in [-0.05, 0) is 51.5 Å². The summed E-state index contributed by atoms with van der Waals surface area (Å²) in [5.41, 5.74) is 3.58. The number of likely N-dealkylation sites (N-methyl/N-ethyl adjacent to an activating group) is 1. The first kappa shape index (κ1) is 23.4. The van der Waals surface area contributed by atoms with Crippen LogP contribution < -0.4 is 4.90 Å². The van der Waals surface area contributed by atoms with Gasteiger partial charge in [0.15, 0.2) is 0 Å². The minimum atomic E-state index is -0.803. The Morgan fingerprint density at radius 2 is 1.69 bits per heavy atom. The molecule has 0 aromatic heterocycles. The van der Waals surface area contributed by atoms with Gasteiger partial charge in [0, 0.05) is 28.3 Å². The summed E-state index contributed by atoms with van der Waals surface area (Å²) in [5.74, 6) is -0.706. The molecule has 1 unspecified atom stereocenters. The Morgan fingerprint density at radius 3 is 2.38 bits per heavy atom. The molecule has 0 aliphatic carbocycles. The lowest BCUT2D eigenvalue weighted by Crippen LogP contribution is -2.50. The number of carbonyl (C=O) groups is 2. The van der Waals surface area contributed by atoms with E-state index in [2.05, 4.69) is 37.8 Å². The number of benzene rings is 1. The van der Waals surface area contributed by atoms with Gasteiger partial charge in [0.2, 0.25) is 0 Å². The zero-order chi connectivity index (χ0) is 23.1. The lowest BCUT2D eigenvalue weighted by molar-refractivity contribution is -0.139. The summed E-state index contributed by atoms with van der Waals surface area (Å²) in [7, 11) is 0. The second-order valence-electron chi connectivity index (χ2n) is 7.93. The van der Waals surface area contributed by atoms with Crippen LogP contribution in [0.25, 0.3) is 5.57 Å². The lowest BCUT2D eigenvalue weighted by Gasteiger charge is -2.51. The topological polar surface area (TPSA) is 55.8 Å². The van der Waals surface area contributed by atoms with E-state index in [-0.39, 0.29) is 17.5 Å². The largest absolute Gasteiger partial charge is 0.463 e. The summed E-state index contributed by atoms with van der Waals surface area (Å²) in [4.78, 5) is 29.8. The molecular weight excluding hydrogens is 462 g/mol. The molecule has 1 aromatic rings. The Hall–Kier alpha value is -1.77. The number of anilines is 1. The van der Waals surface area contributed by atoms with E-state index >= 15 is 0 Å². The quantitative estimate of drug-likeness (QED) is 0.482. The van der Waals surface area contributed by atoms with Gasteiger partial charge in [-0.3, -0.25) is 0 Å². The van der Waals surface area contributed by atoms with Crippen LogP contribution in [-0.2, 0) is 19.1 Å². The Morgan fingerprint density at radius 1 is 1.00 bits per heavy atom. The van der Waals surface area contributed by atoms with Crippen LogP contribution in [0.3, 0.4) is 0 Å². The molecule has 8 heteroatoms. The Kier molecular flexibility index (Phi) is 6.49. The minimum Gasteiger partial charge on any atom is -0.463 e. The summed E-state index contributed by atoms with van der Waals surface area (Å²) < 4.78 is 9.93. The van der Waals surface area contributed by atoms with Crippen LogP contribution in [0.5, 0.6) is 0 Å². The highest BCUT2D eigenvalue weighted by Gasteiger charge is 2.55. The predicted molar refractivity (Wildman–Crippen MR) is 135 cm³/mol. The van der Waals surface area contributed by atoms with E-state index in [1.807, 2.05) is 22.9 Å². The van der Waals surface area contributed by atoms with Gasteiger partial charge in [0.1, 0.15) is 8.98 Å². The maximum Gasteiger partial charge on any atom is 0.345 e. The second-order valence-corrected chi connectivity index (χ2v) is 11.4. The van der Waals surface area contributed by atoms with Crippen molar-refractivity contribution in [3.05, 3.63) is 56.0 Å². The number of carbonyl (C=O) groups excluding carboxylic acids is 2. The fourth-order valence-corrected chi connectivity index (χ4v) is 8.95. The molecule has 1 aromatic carbocycles. The number of rotatable bonds is 5. The van der Waals surface area contributed by atoms with Crippen LogP contribution in [0.15, 0.2) is 50.5 Å². The van der Waals surface area contributed by atoms with Gasteiger partial charge >= 0.3 is 11.9 Å². The molecule has 170 valence electrons. The first-order valence-electron chi connectivity index (χ1n) is 10.7. The summed E-state index contributed by atoms with van der Waals surface area (Å²) in [6.45, 7) is 11.7. The van der Waals surface area contributed by atoms with Crippen molar-refractivity contribution in [1.29, 1.82) is 0 Å². The molecule has 1 atom stereocenters. The lowest BCUT2D eigenvalue weighted by atomic mass is 9.84. The molecule has 1 spiro atoms. The molecule has 5 nitrogen and oxygen atoms in total. The van der Waals surface area contributed by atoms with E-state index in [0.717, 1.165) is 23.4 Å². The highest BCUT2D eigenvalue weighted by molar-refractivity contribution is 8.25. The van der Waals surface area contributed by atoms with Crippen LogP contribution in [0, 0.1) is 0 Å². The average Bonchev–Trinajstić information content (AvgIpc) is 3.19. The molecule has 3 aliphatic heterocycles. The van der Waals surface area contributed by atoms with Crippen LogP contribution in [0.4, 0.5) is 5.69 Å². The molecule has 32 heavy (non-hydrogen) atoms. The van der Waals surface area contributed by atoms with Gasteiger partial charge in [-0.15, -0.1) is 11.8 Å². The molecule has 0 radical (unpaired) electrons. The molecule has 0 fully saturated rings. The molecule has 3 aliphatic rings. The Bertz CT molecular complexity index is 1060. The molecule has 3 heterocycles. The maximum atomic E-state index is 13.1. The first-order valence-corrected chi connectivity index (χ1v) is 13.3. The van der Waals surface area contributed by atoms with E-state index in [9.17, 15) is 9.59 Å². The number of fused-ring (bicyclic) bond motifs is 3. The molecule has 4 rings (SSSR count). The maximum absolute atomic E-state index is 13.1. The summed E-state index contributed by atoms with van der Waals surface area (Å²) in [5, 5.41) is 3.75. The molecule has 0 amide bonds. The van der Waals surface area contributed by atoms with E-state index in [1.54, 1.807) is 25.6 Å². The number of esters is 2. The van der Waals surface area contributed by atoms with E-state index < -0.39 is 4.08 Å². The standard InChI is InChI=1S/C24H27NO4S3/c1-6-25-17-12-10-9-11-15(17)19-20(23(25,4)5)30-13-16(21(26)28-7-2)24(19)31-14-18(32-24)22(27)29-8-3/h9-14H,6-8H2,1-5H3. The first-order chi connectivity index (χ1) is 15.3. The molecule has 0 saturated carbocycles. The monoisotopic (exact) mass is 489 g/mol. The second kappa shape index (κ2) is 8.88. The van der Waals surface area contributed by atoms with Gasteiger partial charge in [0.25, 0.3) is 0 Å².